The van der Waals surface area contributed by atoms with Crippen molar-refractivity contribution in [2.75, 3.05) is 32.8 Å². The molecular formula is C19H21NO7S. The fourth-order valence-corrected chi connectivity index (χ4v) is 3.24. The van der Waals surface area contributed by atoms with Crippen molar-refractivity contribution in [1.29, 1.82) is 0 Å². The topological polar surface area (TPSA) is 100 Å². The highest BCUT2D eigenvalue weighted by molar-refractivity contribution is 7.15. The molecule has 9 heteroatoms. The van der Waals surface area contributed by atoms with E-state index in [-0.39, 0.29) is 34.9 Å². The predicted octanol–water partition coefficient (Wildman–Crippen LogP) is 3.37. The van der Waals surface area contributed by atoms with Crippen LogP contribution in [0.3, 0.4) is 0 Å². The van der Waals surface area contributed by atoms with Crippen molar-refractivity contribution in [2.24, 2.45) is 0 Å². The van der Waals surface area contributed by atoms with Crippen LogP contribution in [0.15, 0.2) is 23.6 Å². The van der Waals surface area contributed by atoms with Crippen molar-refractivity contribution in [3.63, 3.8) is 0 Å². The van der Waals surface area contributed by atoms with Crippen LogP contribution < -0.4 is 14.8 Å². The number of hydrogen-bond donors (Lipinski definition) is 1. The number of methoxy groups -OCH3 is 2. The third-order valence-corrected chi connectivity index (χ3v) is 4.50. The summed E-state index contributed by atoms with van der Waals surface area (Å²) in [5.74, 6) is -1.00. The highest BCUT2D eigenvalue weighted by Crippen LogP contribution is 2.31. The van der Waals surface area contributed by atoms with Gasteiger partial charge in [-0.1, -0.05) is 0 Å². The Morgan fingerprint density at radius 3 is 2.04 bits per heavy atom. The van der Waals surface area contributed by atoms with Gasteiger partial charge in [-0.2, -0.15) is 0 Å². The molecule has 1 aromatic heterocycles. The summed E-state index contributed by atoms with van der Waals surface area (Å²) in [6.45, 7) is 3.59. The summed E-state index contributed by atoms with van der Waals surface area (Å²) in [5.41, 5.74) is 0.273. The fraction of sp³-hybridized carbons (Fsp3) is 0.316. The Labute approximate surface area is 166 Å². The second-order valence-electron chi connectivity index (χ2n) is 5.35. The Hall–Kier alpha value is -3.07. The van der Waals surface area contributed by atoms with Crippen LogP contribution in [0.25, 0.3) is 0 Å². The summed E-state index contributed by atoms with van der Waals surface area (Å²) in [4.78, 5) is 37.2. The largest absolute Gasteiger partial charge is 0.497 e. The zero-order valence-electron chi connectivity index (χ0n) is 16.0. The maximum Gasteiger partial charge on any atom is 0.342 e. The maximum absolute atomic E-state index is 12.7. The van der Waals surface area contributed by atoms with Gasteiger partial charge in [-0.15, -0.1) is 11.3 Å². The molecule has 0 saturated heterocycles. The van der Waals surface area contributed by atoms with Gasteiger partial charge in [-0.25, -0.2) is 9.59 Å². The van der Waals surface area contributed by atoms with E-state index in [9.17, 15) is 14.4 Å². The van der Waals surface area contributed by atoms with Gasteiger partial charge in [0.15, 0.2) is 0 Å². The lowest BCUT2D eigenvalue weighted by molar-refractivity contribution is 0.0481. The van der Waals surface area contributed by atoms with Crippen molar-refractivity contribution in [3.8, 4) is 11.5 Å². The van der Waals surface area contributed by atoms with Crippen LogP contribution >= 0.6 is 11.3 Å². The molecule has 0 spiro atoms. The Balaban J connectivity index is 2.38. The van der Waals surface area contributed by atoms with E-state index in [1.165, 1.54) is 31.7 Å². The molecule has 0 unspecified atom stereocenters. The molecule has 28 heavy (non-hydrogen) atoms. The zero-order chi connectivity index (χ0) is 20.7. The quantitative estimate of drug-likeness (QED) is 0.670. The summed E-state index contributed by atoms with van der Waals surface area (Å²) in [7, 11) is 2.94. The standard InChI is InChI=1S/C19H21NO7S/c1-5-26-18(22)14-10-28-17(15(14)19(23)27-6-2)20-16(21)11-7-12(24-3)9-13(8-11)25-4/h7-10H,5-6H2,1-4H3,(H,20,21). The zero-order valence-corrected chi connectivity index (χ0v) is 16.8. The van der Waals surface area contributed by atoms with Gasteiger partial charge in [-0.05, 0) is 26.0 Å². The summed E-state index contributed by atoms with van der Waals surface area (Å²) >= 11 is 1.03. The van der Waals surface area contributed by atoms with Crippen LogP contribution in [0, 0.1) is 0 Å². The number of carbonyl (C=O) groups excluding carboxylic acids is 3. The third-order valence-electron chi connectivity index (χ3n) is 3.61. The van der Waals surface area contributed by atoms with Gasteiger partial charge >= 0.3 is 11.9 Å². The van der Waals surface area contributed by atoms with Crippen molar-refractivity contribution < 1.29 is 33.3 Å². The fourth-order valence-electron chi connectivity index (χ4n) is 2.33. The second kappa shape index (κ2) is 9.75. The average molecular weight is 407 g/mol. The SMILES string of the molecule is CCOC(=O)c1csc(NC(=O)c2cc(OC)cc(OC)c2)c1C(=O)OCC. The van der Waals surface area contributed by atoms with Gasteiger partial charge in [0.25, 0.3) is 5.91 Å². The molecule has 0 saturated carbocycles. The van der Waals surface area contributed by atoms with Crippen molar-refractivity contribution in [2.45, 2.75) is 13.8 Å². The first-order valence-electron chi connectivity index (χ1n) is 8.45. The number of hydrogen-bond acceptors (Lipinski definition) is 8. The lowest BCUT2D eigenvalue weighted by Gasteiger charge is -2.10. The molecule has 0 atom stereocenters. The lowest BCUT2D eigenvalue weighted by Crippen LogP contribution is -2.17. The van der Waals surface area contributed by atoms with Crippen molar-refractivity contribution in [1.82, 2.24) is 0 Å². The van der Waals surface area contributed by atoms with E-state index in [0.29, 0.717) is 11.5 Å². The van der Waals surface area contributed by atoms with Crippen LogP contribution in [0.4, 0.5) is 5.00 Å². The van der Waals surface area contributed by atoms with Gasteiger partial charge in [0.1, 0.15) is 22.1 Å². The second-order valence-corrected chi connectivity index (χ2v) is 6.23. The molecule has 2 rings (SSSR count). The van der Waals surface area contributed by atoms with Crippen molar-refractivity contribution >= 4 is 34.2 Å². The number of thiophene rings is 1. The lowest BCUT2D eigenvalue weighted by atomic mass is 10.1. The Bertz CT molecular complexity index is 853. The smallest absolute Gasteiger partial charge is 0.342 e. The molecule has 0 fully saturated rings. The first-order chi connectivity index (χ1) is 13.4. The van der Waals surface area contributed by atoms with E-state index in [1.807, 2.05) is 0 Å². The minimum Gasteiger partial charge on any atom is -0.497 e. The van der Waals surface area contributed by atoms with Gasteiger partial charge < -0.3 is 24.3 Å². The normalized spacial score (nSPS) is 10.1. The van der Waals surface area contributed by atoms with E-state index >= 15 is 0 Å². The van der Waals surface area contributed by atoms with Crippen LogP contribution in [-0.2, 0) is 9.47 Å². The molecule has 8 nitrogen and oxygen atoms in total. The van der Waals surface area contributed by atoms with E-state index in [1.54, 1.807) is 19.9 Å². The number of amides is 1. The number of rotatable bonds is 8. The number of nitrogens with one attached hydrogen (secondary N) is 1. The van der Waals surface area contributed by atoms with Crippen LogP contribution in [0.2, 0.25) is 0 Å². The highest BCUT2D eigenvalue weighted by atomic mass is 32.1. The molecule has 0 bridgehead atoms. The molecule has 1 aromatic carbocycles. The van der Waals surface area contributed by atoms with Crippen LogP contribution in [0.5, 0.6) is 11.5 Å². The minimum atomic E-state index is -0.717. The first kappa shape index (κ1) is 21.2. The number of esters is 2. The highest BCUT2D eigenvalue weighted by Gasteiger charge is 2.27. The van der Waals surface area contributed by atoms with Gasteiger partial charge in [0, 0.05) is 17.0 Å². The minimum absolute atomic E-state index is 0.0338. The van der Waals surface area contributed by atoms with Gasteiger partial charge in [0.2, 0.25) is 0 Å². The molecule has 0 aliphatic carbocycles. The molecule has 0 aliphatic heterocycles. The average Bonchev–Trinajstić information content (AvgIpc) is 3.11. The summed E-state index contributed by atoms with van der Waals surface area (Å²) in [6, 6.07) is 4.69. The number of anilines is 1. The molecular weight excluding hydrogens is 386 g/mol. The third kappa shape index (κ3) is 4.80. The first-order valence-corrected chi connectivity index (χ1v) is 9.33. The molecule has 0 aliphatic rings. The summed E-state index contributed by atoms with van der Waals surface area (Å²) in [5, 5.41) is 4.28. The molecule has 1 heterocycles. The van der Waals surface area contributed by atoms with E-state index in [4.69, 9.17) is 18.9 Å². The monoisotopic (exact) mass is 407 g/mol. The van der Waals surface area contributed by atoms with E-state index in [0.717, 1.165) is 11.3 Å². The van der Waals surface area contributed by atoms with Gasteiger partial charge in [0.05, 0.1) is 33.0 Å². The van der Waals surface area contributed by atoms with Crippen LogP contribution in [-0.4, -0.2) is 45.3 Å². The number of ether oxygens (including phenoxy) is 4. The molecule has 1 amide bonds. The Morgan fingerprint density at radius 1 is 0.929 bits per heavy atom. The number of benzene rings is 1. The summed E-state index contributed by atoms with van der Waals surface area (Å²) < 4.78 is 20.3. The molecule has 0 radical (unpaired) electrons. The van der Waals surface area contributed by atoms with Crippen LogP contribution in [0.1, 0.15) is 44.9 Å². The molecule has 2 aromatic rings. The molecule has 150 valence electrons. The summed E-state index contributed by atoms with van der Waals surface area (Å²) in [6.07, 6.45) is 0. The predicted molar refractivity (Wildman–Crippen MR) is 104 cm³/mol. The Morgan fingerprint density at radius 2 is 1.50 bits per heavy atom. The van der Waals surface area contributed by atoms with E-state index < -0.39 is 17.8 Å². The van der Waals surface area contributed by atoms with Crippen molar-refractivity contribution in [3.05, 3.63) is 40.3 Å². The molecule has 1 N–H and O–H groups in total. The maximum atomic E-state index is 12.7. The number of carbonyl (C=O) groups is 3. The Kier molecular flexibility index (Phi) is 7.39. The van der Waals surface area contributed by atoms with Gasteiger partial charge in [-0.3, -0.25) is 4.79 Å². The van der Waals surface area contributed by atoms with E-state index in [2.05, 4.69) is 5.32 Å².